The van der Waals surface area contributed by atoms with Crippen molar-refractivity contribution in [3.63, 3.8) is 0 Å². The van der Waals surface area contributed by atoms with Crippen LogP contribution in [-0.4, -0.2) is 48.4 Å². The largest absolute Gasteiger partial charge is 0.342 e. The van der Waals surface area contributed by atoms with Gasteiger partial charge in [0, 0.05) is 19.1 Å². The summed E-state index contributed by atoms with van der Waals surface area (Å²) < 4.78 is 0. The Morgan fingerprint density at radius 1 is 1.18 bits per heavy atom. The van der Waals surface area contributed by atoms with Crippen LogP contribution in [0.4, 0.5) is 0 Å². The van der Waals surface area contributed by atoms with Crippen molar-refractivity contribution in [2.24, 2.45) is 5.92 Å². The van der Waals surface area contributed by atoms with E-state index in [0.717, 1.165) is 19.0 Å². The van der Waals surface area contributed by atoms with Gasteiger partial charge in [-0.1, -0.05) is 19.8 Å². The van der Waals surface area contributed by atoms with Crippen molar-refractivity contribution in [2.45, 2.75) is 51.5 Å². The molecule has 0 spiro atoms. The average molecular weight is 238 g/mol. The lowest BCUT2D eigenvalue weighted by atomic mass is 9.99. The van der Waals surface area contributed by atoms with Gasteiger partial charge < -0.3 is 4.90 Å². The minimum atomic E-state index is 0.339. The van der Waals surface area contributed by atoms with Gasteiger partial charge >= 0.3 is 0 Å². The summed E-state index contributed by atoms with van der Waals surface area (Å²) in [5.41, 5.74) is 0. The predicted molar refractivity (Wildman–Crippen MR) is 69.9 cm³/mol. The lowest BCUT2D eigenvalue weighted by Crippen LogP contribution is -2.45. The predicted octanol–water partition coefficient (Wildman–Crippen LogP) is 2.12. The number of hydrogen-bond acceptors (Lipinski definition) is 2. The molecule has 1 heterocycles. The van der Waals surface area contributed by atoms with Gasteiger partial charge in [-0.15, -0.1) is 0 Å². The zero-order valence-corrected chi connectivity index (χ0v) is 11.3. The second kappa shape index (κ2) is 5.85. The molecule has 1 aliphatic heterocycles. The van der Waals surface area contributed by atoms with Gasteiger partial charge in [0.05, 0.1) is 6.54 Å². The van der Waals surface area contributed by atoms with Crippen LogP contribution in [0.5, 0.6) is 0 Å². The van der Waals surface area contributed by atoms with Crippen LogP contribution in [-0.2, 0) is 4.79 Å². The number of hydrogen-bond donors (Lipinski definition) is 0. The van der Waals surface area contributed by atoms with E-state index in [2.05, 4.69) is 23.8 Å². The summed E-state index contributed by atoms with van der Waals surface area (Å²) in [5.74, 6) is 1.14. The maximum atomic E-state index is 12.2. The molecule has 3 nitrogen and oxygen atoms in total. The molecule has 1 saturated carbocycles. The first kappa shape index (κ1) is 12.9. The van der Waals surface area contributed by atoms with Gasteiger partial charge in [0.2, 0.25) is 5.91 Å². The van der Waals surface area contributed by atoms with Crippen LogP contribution < -0.4 is 0 Å². The molecule has 0 aromatic heterocycles. The Morgan fingerprint density at radius 3 is 2.35 bits per heavy atom. The van der Waals surface area contributed by atoms with Crippen molar-refractivity contribution < 1.29 is 4.79 Å². The van der Waals surface area contributed by atoms with E-state index < -0.39 is 0 Å². The zero-order chi connectivity index (χ0) is 12.3. The summed E-state index contributed by atoms with van der Waals surface area (Å²) in [7, 11) is 2.11. The number of rotatable bonds is 3. The second-order valence-corrected chi connectivity index (χ2v) is 5.92. The fraction of sp³-hybridized carbons (Fsp3) is 0.929. The summed E-state index contributed by atoms with van der Waals surface area (Å²) in [6.07, 6.45) is 7.59. The van der Waals surface area contributed by atoms with Gasteiger partial charge in [0.25, 0.3) is 0 Å². The second-order valence-electron chi connectivity index (χ2n) is 5.92. The van der Waals surface area contributed by atoms with Crippen LogP contribution in [0.3, 0.4) is 0 Å². The summed E-state index contributed by atoms with van der Waals surface area (Å²) in [6, 6.07) is 0.655. The quantitative estimate of drug-likeness (QED) is 0.752. The lowest BCUT2D eigenvalue weighted by molar-refractivity contribution is -0.133. The molecule has 98 valence electrons. The topological polar surface area (TPSA) is 23.6 Å². The third kappa shape index (κ3) is 3.44. The Labute approximate surface area is 105 Å². The molecule has 0 aromatic rings. The number of amides is 1. The molecular weight excluding hydrogens is 212 g/mol. The molecule has 0 radical (unpaired) electrons. The molecule has 2 fully saturated rings. The molecule has 17 heavy (non-hydrogen) atoms. The molecule has 0 aromatic carbocycles. The van der Waals surface area contributed by atoms with Crippen molar-refractivity contribution >= 4 is 5.91 Å². The van der Waals surface area contributed by atoms with Crippen molar-refractivity contribution in [3.05, 3.63) is 0 Å². The van der Waals surface area contributed by atoms with E-state index in [1.54, 1.807) is 0 Å². The Morgan fingerprint density at radius 2 is 1.76 bits per heavy atom. The summed E-state index contributed by atoms with van der Waals surface area (Å²) >= 11 is 0. The molecule has 0 N–H and O–H groups in total. The standard InChI is InChI=1S/C14H26N2O/c1-12-7-9-16(10-8-12)14(17)11-15(2)13-5-3-4-6-13/h12-13H,3-11H2,1-2H3. The monoisotopic (exact) mass is 238 g/mol. The highest BCUT2D eigenvalue weighted by atomic mass is 16.2. The maximum Gasteiger partial charge on any atom is 0.236 e. The van der Waals surface area contributed by atoms with Crippen LogP contribution >= 0.6 is 0 Å². The molecule has 0 bridgehead atoms. The molecule has 0 unspecified atom stereocenters. The van der Waals surface area contributed by atoms with Crippen LogP contribution in [0.25, 0.3) is 0 Å². The van der Waals surface area contributed by atoms with E-state index in [1.807, 2.05) is 0 Å². The summed E-state index contributed by atoms with van der Waals surface area (Å²) in [6.45, 7) is 4.85. The fourth-order valence-electron chi connectivity index (χ4n) is 3.05. The Hall–Kier alpha value is -0.570. The van der Waals surface area contributed by atoms with Crippen LogP contribution in [0.15, 0.2) is 0 Å². The van der Waals surface area contributed by atoms with E-state index in [0.29, 0.717) is 18.5 Å². The summed E-state index contributed by atoms with van der Waals surface area (Å²) in [5, 5.41) is 0. The van der Waals surface area contributed by atoms with Crippen LogP contribution in [0.2, 0.25) is 0 Å². The minimum absolute atomic E-state index is 0.339. The smallest absolute Gasteiger partial charge is 0.236 e. The van der Waals surface area contributed by atoms with E-state index in [-0.39, 0.29) is 0 Å². The molecule has 1 amide bonds. The molecule has 2 rings (SSSR count). The number of likely N-dealkylation sites (tertiary alicyclic amines) is 1. The van der Waals surface area contributed by atoms with E-state index >= 15 is 0 Å². The molecule has 2 aliphatic rings. The van der Waals surface area contributed by atoms with Crippen molar-refractivity contribution in [2.75, 3.05) is 26.7 Å². The van der Waals surface area contributed by atoms with E-state index in [9.17, 15) is 4.79 Å². The van der Waals surface area contributed by atoms with E-state index in [4.69, 9.17) is 0 Å². The molecule has 1 aliphatic carbocycles. The van der Waals surface area contributed by atoms with Gasteiger partial charge in [-0.05, 0) is 38.6 Å². The van der Waals surface area contributed by atoms with E-state index in [1.165, 1.54) is 38.5 Å². The van der Waals surface area contributed by atoms with Crippen molar-refractivity contribution in [3.8, 4) is 0 Å². The highest BCUT2D eigenvalue weighted by Crippen LogP contribution is 2.22. The van der Waals surface area contributed by atoms with Gasteiger partial charge in [0.15, 0.2) is 0 Å². The number of nitrogens with zero attached hydrogens (tertiary/aromatic N) is 2. The van der Waals surface area contributed by atoms with Crippen LogP contribution in [0.1, 0.15) is 45.4 Å². The van der Waals surface area contributed by atoms with Gasteiger partial charge in [-0.2, -0.15) is 0 Å². The van der Waals surface area contributed by atoms with Gasteiger partial charge in [-0.3, -0.25) is 9.69 Å². The normalized spacial score (nSPS) is 23.6. The maximum absolute atomic E-state index is 12.2. The number of likely N-dealkylation sites (N-methyl/N-ethyl adjacent to an activating group) is 1. The molecule has 1 saturated heterocycles. The third-order valence-electron chi connectivity index (χ3n) is 4.47. The number of carbonyl (C=O) groups is 1. The van der Waals surface area contributed by atoms with Gasteiger partial charge in [-0.25, -0.2) is 0 Å². The summed E-state index contributed by atoms with van der Waals surface area (Å²) in [4.78, 5) is 16.5. The highest BCUT2D eigenvalue weighted by Gasteiger charge is 2.25. The van der Waals surface area contributed by atoms with Gasteiger partial charge in [0.1, 0.15) is 0 Å². The highest BCUT2D eigenvalue weighted by molar-refractivity contribution is 5.78. The minimum Gasteiger partial charge on any atom is -0.342 e. The SMILES string of the molecule is CC1CCN(C(=O)CN(C)C2CCCC2)CC1. The first-order valence-electron chi connectivity index (χ1n) is 7.15. The molecule has 0 atom stereocenters. The molecular formula is C14H26N2O. The first-order valence-corrected chi connectivity index (χ1v) is 7.15. The van der Waals surface area contributed by atoms with Crippen molar-refractivity contribution in [1.82, 2.24) is 9.80 Å². The van der Waals surface area contributed by atoms with Crippen molar-refractivity contribution in [1.29, 1.82) is 0 Å². The number of piperidine rings is 1. The fourth-order valence-corrected chi connectivity index (χ4v) is 3.05. The number of carbonyl (C=O) groups excluding carboxylic acids is 1. The lowest BCUT2D eigenvalue weighted by Gasteiger charge is -2.32. The van der Waals surface area contributed by atoms with Crippen LogP contribution in [0, 0.1) is 5.92 Å². The Bertz CT molecular complexity index is 253. The first-order chi connectivity index (χ1) is 8.16. The zero-order valence-electron chi connectivity index (χ0n) is 11.3. The Balaban J connectivity index is 1.76. The third-order valence-corrected chi connectivity index (χ3v) is 4.47. The average Bonchev–Trinajstić information content (AvgIpc) is 2.83. The molecule has 3 heteroatoms. The Kier molecular flexibility index (Phi) is 4.43.